The Hall–Kier alpha value is -0.219. The molecule has 118 valence electrons. The van der Waals surface area contributed by atoms with Gasteiger partial charge in [0.1, 0.15) is 0 Å². The molecule has 0 aromatic carbocycles. The van der Waals surface area contributed by atoms with Gasteiger partial charge in [0.2, 0.25) is 0 Å². The first-order valence-electron chi connectivity index (χ1n) is 7.48. The predicted octanol–water partition coefficient (Wildman–Crippen LogP) is 2.65. The number of carbonyl (C=O) groups is 1. The van der Waals surface area contributed by atoms with E-state index in [1.165, 1.54) is 0 Å². The van der Waals surface area contributed by atoms with Crippen molar-refractivity contribution in [1.29, 1.82) is 0 Å². The van der Waals surface area contributed by atoms with Crippen LogP contribution in [0.3, 0.4) is 0 Å². The molecule has 1 unspecified atom stereocenters. The molecule has 1 atom stereocenters. The molecular weight excluding hydrogens is 304 g/mol. The van der Waals surface area contributed by atoms with Gasteiger partial charge in [-0.25, -0.2) is 4.79 Å². The van der Waals surface area contributed by atoms with E-state index in [0.29, 0.717) is 11.5 Å². The van der Waals surface area contributed by atoms with Crippen molar-refractivity contribution in [2.75, 3.05) is 0 Å². The van der Waals surface area contributed by atoms with E-state index in [-0.39, 0.29) is 0 Å². The molecule has 0 fully saturated rings. The van der Waals surface area contributed by atoms with Gasteiger partial charge in [0.15, 0.2) is 18.1 Å². The van der Waals surface area contributed by atoms with E-state index in [1.54, 1.807) is 6.92 Å². The van der Waals surface area contributed by atoms with E-state index in [2.05, 4.69) is 33.1 Å². The van der Waals surface area contributed by atoms with Gasteiger partial charge in [-0.15, -0.1) is 0 Å². The summed E-state index contributed by atoms with van der Waals surface area (Å²) >= 11 is 0. The first kappa shape index (κ1) is 19.8. The van der Waals surface area contributed by atoms with Crippen molar-refractivity contribution < 1.29 is 18.1 Å². The largest absolute Gasteiger partial charge is 0.478 e. The third-order valence-corrected chi connectivity index (χ3v) is 10.6. The van der Waals surface area contributed by atoms with E-state index in [4.69, 9.17) is 13.3 Å². The summed E-state index contributed by atoms with van der Waals surface area (Å²) in [5.74, 6) is -0.509. The van der Waals surface area contributed by atoms with Crippen molar-refractivity contribution in [3.8, 4) is 0 Å². The van der Waals surface area contributed by atoms with Crippen LogP contribution in [0.5, 0.6) is 0 Å². The highest BCUT2D eigenvalue weighted by molar-refractivity contribution is 6.67. The first-order chi connectivity index (χ1) is 9.26. The second-order valence-corrected chi connectivity index (χ2v) is 13.5. The van der Waals surface area contributed by atoms with Gasteiger partial charge in [-0.2, -0.15) is 0 Å². The zero-order valence-electron chi connectivity index (χ0n) is 13.7. The summed E-state index contributed by atoms with van der Waals surface area (Å²) in [6.07, 6.45) is 3.82. The standard InChI is InChI=1S/C13H30O4Si3/c1-7-12(10-11(2)13(14)15)8-9-20(16-18(3)4)17-19(5)6/h10,12,18-20H,7-9H2,1-6H3,(H,14,15). The minimum atomic E-state index is -1.54. The fourth-order valence-electron chi connectivity index (χ4n) is 1.96. The van der Waals surface area contributed by atoms with Crippen molar-refractivity contribution in [1.82, 2.24) is 0 Å². The number of hydrogen-bond donors (Lipinski definition) is 1. The van der Waals surface area contributed by atoms with Crippen LogP contribution in [-0.2, 0) is 13.0 Å². The molecule has 0 aromatic rings. The van der Waals surface area contributed by atoms with Gasteiger partial charge in [0.25, 0.3) is 9.28 Å². The lowest BCUT2D eigenvalue weighted by Crippen LogP contribution is -2.32. The van der Waals surface area contributed by atoms with Gasteiger partial charge in [0, 0.05) is 5.57 Å². The van der Waals surface area contributed by atoms with Crippen molar-refractivity contribution in [3.05, 3.63) is 11.6 Å². The Morgan fingerprint density at radius 2 is 1.70 bits per heavy atom. The van der Waals surface area contributed by atoms with Crippen LogP contribution in [-0.4, -0.2) is 38.4 Å². The molecule has 0 aromatic heterocycles. The molecule has 1 N–H and O–H groups in total. The average molecular weight is 335 g/mol. The molecule has 4 nitrogen and oxygen atoms in total. The van der Waals surface area contributed by atoms with E-state index >= 15 is 0 Å². The van der Waals surface area contributed by atoms with E-state index in [9.17, 15) is 4.79 Å². The lowest BCUT2D eigenvalue weighted by molar-refractivity contribution is -0.132. The maximum absolute atomic E-state index is 10.9. The number of hydrogen-bond acceptors (Lipinski definition) is 3. The van der Waals surface area contributed by atoms with Crippen molar-refractivity contribution >= 4 is 33.3 Å². The van der Waals surface area contributed by atoms with Crippen LogP contribution in [0.1, 0.15) is 26.7 Å². The number of allylic oxidation sites excluding steroid dienone is 1. The van der Waals surface area contributed by atoms with E-state index in [1.807, 2.05) is 6.08 Å². The smallest absolute Gasteiger partial charge is 0.330 e. The average Bonchev–Trinajstić information content (AvgIpc) is 2.32. The Labute approximate surface area is 128 Å². The van der Waals surface area contributed by atoms with Crippen LogP contribution in [0.2, 0.25) is 32.2 Å². The molecule has 0 aliphatic carbocycles. The monoisotopic (exact) mass is 334 g/mol. The van der Waals surface area contributed by atoms with Crippen molar-refractivity contribution in [2.45, 2.75) is 58.9 Å². The van der Waals surface area contributed by atoms with Gasteiger partial charge >= 0.3 is 5.97 Å². The molecule has 0 aliphatic rings. The topological polar surface area (TPSA) is 55.8 Å². The SMILES string of the molecule is CCC(C=C(C)C(=O)O)CC[SiH](O[SiH](C)C)O[SiH](C)C. The van der Waals surface area contributed by atoms with Gasteiger partial charge in [0.05, 0.1) is 0 Å². The fourth-order valence-corrected chi connectivity index (χ4v) is 9.44. The number of rotatable bonds is 10. The van der Waals surface area contributed by atoms with Gasteiger partial charge in [-0.3, -0.25) is 0 Å². The maximum atomic E-state index is 10.9. The maximum Gasteiger partial charge on any atom is 0.330 e. The summed E-state index contributed by atoms with van der Waals surface area (Å²) in [6, 6.07) is 0.984. The van der Waals surface area contributed by atoms with E-state index in [0.717, 1.165) is 18.9 Å². The minimum Gasteiger partial charge on any atom is -0.478 e. The Morgan fingerprint density at radius 1 is 1.20 bits per heavy atom. The highest BCUT2D eigenvalue weighted by atomic mass is 28.4. The molecule has 20 heavy (non-hydrogen) atoms. The molecular formula is C13H30O4Si3. The quantitative estimate of drug-likeness (QED) is 0.493. The molecule has 7 heteroatoms. The Balaban J connectivity index is 4.48. The zero-order valence-corrected chi connectivity index (χ0v) is 17.1. The van der Waals surface area contributed by atoms with Gasteiger partial charge in [-0.1, -0.05) is 13.0 Å². The molecule has 0 heterocycles. The van der Waals surface area contributed by atoms with Crippen LogP contribution in [0, 0.1) is 5.92 Å². The second kappa shape index (κ2) is 10.5. The van der Waals surface area contributed by atoms with Crippen LogP contribution in [0.4, 0.5) is 0 Å². The van der Waals surface area contributed by atoms with Crippen LogP contribution in [0.15, 0.2) is 11.6 Å². The first-order valence-corrected chi connectivity index (χ1v) is 14.8. The van der Waals surface area contributed by atoms with Crippen LogP contribution >= 0.6 is 0 Å². The molecule has 0 rings (SSSR count). The molecule has 0 bridgehead atoms. The van der Waals surface area contributed by atoms with E-state index < -0.39 is 33.3 Å². The highest BCUT2D eigenvalue weighted by Crippen LogP contribution is 2.18. The lowest BCUT2D eigenvalue weighted by atomic mass is 10.0. The lowest BCUT2D eigenvalue weighted by Gasteiger charge is -2.23. The summed E-state index contributed by atoms with van der Waals surface area (Å²) < 4.78 is 12.1. The highest BCUT2D eigenvalue weighted by Gasteiger charge is 2.19. The molecule has 0 saturated carbocycles. The molecule has 0 amide bonds. The number of carboxylic acid groups (broad SMARTS) is 1. The van der Waals surface area contributed by atoms with Crippen molar-refractivity contribution in [2.24, 2.45) is 5.92 Å². The molecule has 0 aliphatic heterocycles. The number of aliphatic carboxylic acids is 1. The molecule has 0 radical (unpaired) electrons. The van der Waals surface area contributed by atoms with Gasteiger partial charge in [-0.05, 0) is 57.9 Å². The Morgan fingerprint density at radius 3 is 2.05 bits per heavy atom. The minimum absolute atomic E-state index is 0.316. The van der Waals surface area contributed by atoms with Crippen LogP contribution in [0.25, 0.3) is 0 Å². The molecule has 0 spiro atoms. The summed E-state index contributed by atoms with van der Waals surface area (Å²) in [4.78, 5) is 10.9. The summed E-state index contributed by atoms with van der Waals surface area (Å²) in [6.45, 7) is 12.5. The van der Waals surface area contributed by atoms with Crippen LogP contribution < -0.4 is 0 Å². The second-order valence-electron chi connectivity index (χ2n) is 5.70. The summed E-state index contributed by atoms with van der Waals surface area (Å²) in [5.41, 5.74) is 0.438. The Bertz CT molecular complexity index is 309. The third-order valence-electron chi connectivity index (χ3n) is 2.97. The summed E-state index contributed by atoms with van der Waals surface area (Å²) in [5, 5.41) is 8.94. The van der Waals surface area contributed by atoms with Gasteiger partial charge < -0.3 is 13.3 Å². The zero-order chi connectivity index (χ0) is 15.7. The third kappa shape index (κ3) is 9.65. The van der Waals surface area contributed by atoms with Crippen molar-refractivity contribution in [3.63, 3.8) is 0 Å². The normalized spacial score (nSPS) is 14.3. The predicted molar refractivity (Wildman–Crippen MR) is 91.7 cm³/mol. The Kier molecular flexibility index (Phi) is 10.4. The molecule has 0 saturated heterocycles. The number of carboxylic acids is 1. The summed E-state index contributed by atoms with van der Waals surface area (Å²) in [7, 11) is -3.65. The fraction of sp³-hybridized carbons (Fsp3) is 0.769.